The van der Waals surface area contributed by atoms with E-state index in [-0.39, 0.29) is 0 Å². The van der Waals surface area contributed by atoms with Gasteiger partial charge in [0.25, 0.3) is 0 Å². The third kappa shape index (κ3) is 5.84. The van der Waals surface area contributed by atoms with Crippen molar-refractivity contribution in [3.8, 4) is 0 Å². The van der Waals surface area contributed by atoms with Gasteiger partial charge in [-0.2, -0.15) is 0 Å². The van der Waals surface area contributed by atoms with Gasteiger partial charge in [0.05, 0.1) is 0 Å². The number of anilines is 12. The maximum Gasteiger partial charge on any atom is 0.111 e. The topological polar surface area (TPSA) is 13.0 Å². The Morgan fingerprint density at radius 3 is 0.469 bits per heavy atom. The summed E-state index contributed by atoms with van der Waals surface area (Å²) in [6, 6.07) is 79.7. The lowest BCUT2D eigenvalue weighted by atomic mass is 10.1. The summed E-state index contributed by atoms with van der Waals surface area (Å²) >= 11 is 7.44. The van der Waals surface area contributed by atoms with Crippen LogP contribution in [-0.4, -0.2) is 0 Å². The summed E-state index contributed by atoms with van der Waals surface area (Å²) in [6.07, 6.45) is 0. The van der Waals surface area contributed by atoms with Gasteiger partial charge in [0.1, 0.15) is 40.0 Å². The van der Waals surface area contributed by atoms with Crippen molar-refractivity contribution in [1.29, 1.82) is 0 Å². The molecule has 0 spiro atoms. The molecule has 0 N–H and O–H groups in total. The highest BCUT2D eigenvalue weighted by Crippen LogP contribution is 2.62. The van der Waals surface area contributed by atoms with E-state index in [0.29, 0.717) is 0 Å². The molecule has 8 bridgehead atoms. The Bertz CT molecular complexity index is 3010. The Hall–Kier alpha value is -7.20. The van der Waals surface area contributed by atoms with E-state index in [2.05, 4.69) is 238 Å². The van der Waals surface area contributed by atoms with Gasteiger partial charge in [0, 0.05) is 65.8 Å². The van der Waals surface area contributed by atoms with Gasteiger partial charge in [0.15, 0.2) is 0 Å². The zero-order valence-corrected chi connectivity index (χ0v) is 37.5. The van der Waals surface area contributed by atoms with Crippen molar-refractivity contribution in [2.75, 3.05) is 19.6 Å². The Balaban J connectivity index is 1.24. The van der Waals surface area contributed by atoms with E-state index in [1.54, 1.807) is 0 Å². The van der Waals surface area contributed by atoms with E-state index < -0.39 is 0 Å². The Kier molecular flexibility index (Phi) is 8.91. The molecule has 4 nitrogen and oxygen atoms in total. The molecule has 13 rings (SSSR count). The summed E-state index contributed by atoms with van der Waals surface area (Å²) < 4.78 is 0. The smallest absolute Gasteiger partial charge is 0.111 e. The first-order valence-electron chi connectivity index (χ1n) is 21.3. The summed E-state index contributed by atoms with van der Waals surface area (Å²) in [5.41, 5.74) is 4.46. The van der Waals surface area contributed by atoms with Crippen LogP contribution in [0.25, 0.3) is 43.1 Å². The minimum Gasteiger partial charge on any atom is -0.292 e. The number of hydrogen-bond donors (Lipinski definition) is 0. The largest absolute Gasteiger partial charge is 0.292 e. The Morgan fingerprint density at radius 1 is 0.172 bits per heavy atom. The van der Waals surface area contributed by atoms with Crippen molar-refractivity contribution in [1.82, 2.24) is 0 Å². The van der Waals surface area contributed by atoms with Crippen LogP contribution in [0.4, 0.5) is 62.8 Å². The predicted molar refractivity (Wildman–Crippen MR) is 280 cm³/mol. The van der Waals surface area contributed by atoms with Gasteiger partial charge < -0.3 is 0 Å². The van der Waals surface area contributed by atoms with Crippen LogP contribution >= 0.6 is 45.3 Å². The van der Waals surface area contributed by atoms with Gasteiger partial charge in [-0.05, 0) is 48.5 Å². The van der Waals surface area contributed by atoms with Gasteiger partial charge in [-0.15, -0.1) is 0 Å². The van der Waals surface area contributed by atoms with Crippen molar-refractivity contribution < 1.29 is 0 Å². The van der Waals surface area contributed by atoms with E-state index >= 15 is 0 Å². The minimum atomic E-state index is 1.12. The van der Waals surface area contributed by atoms with Gasteiger partial charge in [-0.3, -0.25) is 19.6 Å². The standard InChI is InChI=1S/C56H36N4S4/c1-5-21-37(22-6-1)57-49-41-29-13-15-31-43(41)51(61-49)58(38-23-7-2-8-24-38)53-45-33-17-19-35-47(45)55(63-53)60(40-27-11-4-12-28-40)56-48-36-20-18-34-46(48)54(64-56)59(39-25-9-3-10-26-39)52-44-32-16-14-30-42(44)50(57)62-52/h1-36H. The Morgan fingerprint density at radius 2 is 0.312 bits per heavy atom. The molecule has 4 aromatic heterocycles. The predicted octanol–water partition coefficient (Wildman–Crippen LogP) is 18.7. The minimum absolute atomic E-state index is 1.12. The van der Waals surface area contributed by atoms with E-state index in [1.807, 2.05) is 45.3 Å². The van der Waals surface area contributed by atoms with Crippen LogP contribution in [0.15, 0.2) is 218 Å². The molecule has 0 saturated carbocycles. The van der Waals surface area contributed by atoms with Crippen LogP contribution < -0.4 is 19.6 Å². The number of benzene rings is 8. The van der Waals surface area contributed by atoms with E-state index in [9.17, 15) is 0 Å². The van der Waals surface area contributed by atoms with Crippen molar-refractivity contribution in [3.05, 3.63) is 218 Å². The zero-order chi connectivity index (χ0) is 42.1. The van der Waals surface area contributed by atoms with Gasteiger partial charge >= 0.3 is 0 Å². The molecule has 0 saturated heterocycles. The van der Waals surface area contributed by atoms with Gasteiger partial charge in [-0.1, -0.05) is 215 Å². The van der Waals surface area contributed by atoms with Crippen LogP contribution in [-0.2, 0) is 0 Å². The molecule has 0 radical (unpaired) electrons. The third-order valence-corrected chi connectivity index (χ3v) is 16.8. The molecule has 0 aliphatic carbocycles. The second kappa shape index (κ2) is 15.3. The highest BCUT2D eigenvalue weighted by molar-refractivity contribution is 7.27. The lowest BCUT2D eigenvalue weighted by molar-refractivity contribution is 1.37. The normalized spacial score (nSPS) is 12.9. The van der Waals surface area contributed by atoms with Crippen molar-refractivity contribution in [3.63, 3.8) is 0 Å². The van der Waals surface area contributed by atoms with Crippen molar-refractivity contribution in [2.24, 2.45) is 0 Å². The lowest BCUT2D eigenvalue weighted by Gasteiger charge is -2.26. The molecular formula is C56H36N4S4. The molecule has 0 fully saturated rings. The number of thiophene rings is 4. The summed E-state index contributed by atoms with van der Waals surface area (Å²) in [4.78, 5) is 10.1. The second-order valence-corrected chi connectivity index (χ2v) is 19.6. The van der Waals surface area contributed by atoms with Crippen LogP contribution in [0.5, 0.6) is 0 Å². The maximum atomic E-state index is 2.53. The summed E-state index contributed by atoms with van der Waals surface area (Å²) in [7, 11) is 0. The highest BCUT2D eigenvalue weighted by atomic mass is 32.1. The summed E-state index contributed by atoms with van der Waals surface area (Å²) in [6.45, 7) is 0. The first-order valence-corrected chi connectivity index (χ1v) is 24.5. The SMILES string of the molecule is c1ccc(N2c3sc(c4ccccc34)N(c3ccccc3)c3sc(c4ccccc34)N(c3ccccc3)c3sc(c4ccccc34)N(c3ccccc3)c3sc2c2ccccc32)cc1. The molecule has 0 amide bonds. The van der Waals surface area contributed by atoms with E-state index in [4.69, 9.17) is 0 Å². The van der Waals surface area contributed by atoms with Gasteiger partial charge in [-0.25, -0.2) is 0 Å². The lowest BCUT2D eigenvalue weighted by Crippen LogP contribution is -2.09. The van der Waals surface area contributed by atoms with Gasteiger partial charge in [0.2, 0.25) is 0 Å². The molecule has 0 unspecified atom stereocenters. The van der Waals surface area contributed by atoms with Crippen molar-refractivity contribution in [2.45, 2.75) is 0 Å². The molecule has 304 valence electrons. The average molecular weight is 893 g/mol. The van der Waals surface area contributed by atoms with Crippen LogP contribution in [0.3, 0.4) is 0 Å². The highest BCUT2D eigenvalue weighted by Gasteiger charge is 2.34. The number of rotatable bonds is 4. The molecule has 64 heavy (non-hydrogen) atoms. The molecule has 1 aliphatic rings. The first kappa shape index (κ1) is 37.4. The third-order valence-electron chi connectivity index (χ3n) is 12.0. The first-order chi connectivity index (χ1) is 31.8. The Labute approximate surface area is 386 Å². The fraction of sp³-hybridized carbons (Fsp3) is 0. The molecule has 8 aromatic carbocycles. The maximum absolute atomic E-state index is 2.53. The number of hydrogen-bond acceptors (Lipinski definition) is 8. The molecule has 0 atom stereocenters. The molecule has 8 heteroatoms. The zero-order valence-electron chi connectivity index (χ0n) is 34.2. The average Bonchev–Trinajstić information content (AvgIpc) is 4.14. The summed E-state index contributed by atoms with van der Waals surface area (Å²) in [5.74, 6) is 0. The molecule has 12 aromatic rings. The molecule has 1 aliphatic heterocycles. The van der Waals surface area contributed by atoms with E-state index in [1.165, 1.54) is 83.1 Å². The fourth-order valence-electron chi connectivity index (χ4n) is 9.17. The second-order valence-electron chi connectivity index (χ2n) is 15.7. The fourth-order valence-corrected chi connectivity index (χ4v) is 14.7. The molecular weight excluding hydrogens is 857 g/mol. The molecule has 5 heterocycles. The van der Waals surface area contributed by atoms with Crippen LogP contribution in [0, 0.1) is 0 Å². The quantitative estimate of drug-likeness (QED) is 0.174. The summed E-state index contributed by atoms with van der Waals surface area (Å²) in [5, 5.41) is 19.0. The monoisotopic (exact) mass is 892 g/mol. The van der Waals surface area contributed by atoms with Crippen LogP contribution in [0.2, 0.25) is 0 Å². The van der Waals surface area contributed by atoms with E-state index in [0.717, 1.165) is 22.7 Å². The van der Waals surface area contributed by atoms with Crippen molar-refractivity contribution >= 4 is 151 Å². The number of nitrogens with zero attached hydrogens (tertiary/aromatic N) is 4. The van der Waals surface area contributed by atoms with Crippen LogP contribution in [0.1, 0.15) is 0 Å². The number of para-hydroxylation sites is 4.